The molecule has 0 aliphatic rings. The number of nitrogens with one attached hydrogen (secondary N) is 1. The highest BCUT2D eigenvalue weighted by molar-refractivity contribution is 5.81. The third-order valence-corrected chi connectivity index (χ3v) is 3.73. The largest absolute Gasteiger partial charge is 0.339 e. The molecule has 0 amide bonds. The third kappa shape index (κ3) is 3.00. The zero-order valence-corrected chi connectivity index (χ0v) is 12.7. The van der Waals surface area contributed by atoms with Gasteiger partial charge in [0.1, 0.15) is 0 Å². The molecule has 4 nitrogen and oxygen atoms in total. The lowest BCUT2D eigenvalue weighted by atomic mass is 10.2. The first kappa shape index (κ1) is 13.9. The number of hydrogen-bond donors (Lipinski definition) is 1. The number of benzene rings is 1. The van der Waals surface area contributed by atoms with Gasteiger partial charge in [0.25, 0.3) is 0 Å². The molecule has 1 aromatic carbocycles. The molecule has 0 saturated carbocycles. The van der Waals surface area contributed by atoms with Gasteiger partial charge in [-0.3, -0.25) is 4.68 Å². The van der Waals surface area contributed by atoms with Crippen LogP contribution in [0.4, 0.5) is 0 Å². The number of aryl methyl sites for hydroxylation is 1. The smallest absolute Gasteiger partial charge is 0.0539 e. The topological polar surface area (TPSA) is 34.8 Å². The zero-order valence-electron chi connectivity index (χ0n) is 12.7. The molecule has 4 heteroatoms. The first-order valence-corrected chi connectivity index (χ1v) is 7.53. The van der Waals surface area contributed by atoms with E-state index in [0.717, 1.165) is 26.1 Å². The second-order valence-electron chi connectivity index (χ2n) is 5.48. The van der Waals surface area contributed by atoms with E-state index in [0.29, 0.717) is 0 Å². The third-order valence-electron chi connectivity index (χ3n) is 3.73. The molecule has 21 heavy (non-hydrogen) atoms. The maximum Gasteiger partial charge on any atom is 0.0539 e. The van der Waals surface area contributed by atoms with Crippen molar-refractivity contribution in [2.24, 2.45) is 7.05 Å². The predicted octanol–water partition coefficient (Wildman–Crippen LogP) is 2.92. The summed E-state index contributed by atoms with van der Waals surface area (Å²) in [6, 6.07) is 10.9. The van der Waals surface area contributed by atoms with E-state index >= 15 is 0 Å². The average molecular weight is 282 g/mol. The monoisotopic (exact) mass is 282 g/mol. The predicted molar refractivity (Wildman–Crippen MR) is 86.2 cm³/mol. The Balaban J connectivity index is 1.94. The Morgan fingerprint density at radius 3 is 2.86 bits per heavy atom. The van der Waals surface area contributed by atoms with Crippen molar-refractivity contribution in [1.82, 2.24) is 19.7 Å². The Labute approximate surface area is 125 Å². The molecule has 0 spiro atoms. The van der Waals surface area contributed by atoms with Gasteiger partial charge in [-0.25, -0.2) is 0 Å². The summed E-state index contributed by atoms with van der Waals surface area (Å²) in [5.41, 5.74) is 3.85. The van der Waals surface area contributed by atoms with E-state index in [1.165, 1.54) is 22.2 Å². The molecule has 0 aliphatic carbocycles. The van der Waals surface area contributed by atoms with Crippen LogP contribution in [-0.4, -0.2) is 20.9 Å². The van der Waals surface area contributed by atoms with E-state index in [1.54, 1.807) is 0 Å². The highest BCUT2D eigenvalue weighted by atomic mass is 15.2. The molecule has 3 aromatic rings. The van der Waals surface area contributed by atoms with Crippen molar-refractivity contribution in [2.45, 2.75) is 26.4 Å². The summed E-state index contributed by atoms with van der Waals surface area (Å²) in [5.74, 6) is 0. The molecule has 0 unspecified atom stereocenters. The molecule has 0 radical (unpaired) electrons. The van der Waals surface area contributed by atoms with E-state index in [1.807, 2.05) is 17.9 Å². The first-order chi connectivity index (χ1) is 10.3. The van der Waals surface area contributed by atoms with Crippen LogP contribution in [0.1, 0.15) is 24.6 Å². The molecule has 0 atom stereocenters. The standard InChI is InChI=1S/C17H22N4/c1-3-8-18-11-16-9-15-6-4-5-7-17(15)21(16)13-14-10-19-20(2)12-14/h4-7,9-10,12,18H,3,8,11,13H2,1-2H3. The lowest BCUT2D eigenvalue weighted by Gasteiger charge is -2.10. The fraction of sp³-hybridized carbons (Fsp3) is 0.353. The number of para-hydroxylation sites is 1. The summed E-state index contributed by atoms with van der Waals surface area (Å²) >= 11 is 0. The molecular weight excluding hydrogens is 260 g/mol. The summed E-state index contributed by atoms with van der Waals surface area (Å²) in [4.78, 5) is 0. The van der Waals surface area contributed by atoms with Crippen LogP contribution in [0.2, 0.25) is 0 Å². The molecule has 0 fully saturated rings. The molecule has 0 saturated heterocycles. The highest BCUT2D eigenvalue weighted by Gasteiger charge is 2.09. The Morgan fingerprint density at radius 2 is 2.10 bits per heavy atom. The van der Waals surface area contributed by atoms with Gasteiger partial charge in [-0.15, -0.1) is 0 Å². The summed E-state index contributed by atoms with van der Waals surface area (Å²) in [6.07, 6.45) is 5.18. The quantitative estimate of drug-likeness (QED) is 0.705. The van der Waals surface area contributed by atoms with Gasteiger partial charge in [0, 0.05) is 36.6 Å². The Kier molecular flexibility index (Phi) is 4.06. The SMILES string of the molecule is CCCNCc1cc2ccccc2n1Cc1cnn(C)c1. The lowest BCUT2D eigenvalue weighted by Crippen LogP contribution is -2.17. The second kappa shape index (κ2) is 6.14. The van der Waals surface area contributed by atoms with Crippen molar-refractivity contribution in [3.05, 3.63) is 54.0 Å². The van der Waals surface area contributed by atoms with Crippen LogP contribution in [-0.2, 0) is 20.1 Å². The first-order valence-electron chi connectivity index (χ1n) is 7.53. The van der Waals surface area contributed by atoms with Crippen LogP contribution >= 0.6 is 0 Å². The van der Waals surface area contributed by atoms with Crippen LogP contribution < -0.4 is 5.32 Å². The van der Waals surface area contributed by atoms with Crippen molar-refractivity contribution in [3.63, 3.8) is 0 Å². The van der Waals surface area contributed by atoms with E-state index in [9.17, 15) is 0 Å². The Hall–Kier alpha value is -2.07. The van der Waals surface area contributed by atoms with Crippen molar-refractivity contribution < 1.29 is 0 Å². The van der Waals surface area contributed by atoms with Gasteiger partial charge in [0.2, 0.25) is 0 Å². The van der Waals surface area contributed by atoms with Gasteiger partial charge < -0.3 is 9.88 Å². The molecule has 3 rings (SSSR count). The van der Waals surface area contributed by atoms with E-state index < -0.39 is 0 Å². The summed E-state index contributed by atoms with van der Waals surface area (Å²) in [5, 5.41) is 9.07. The lowest BCUT2D eigenvalue weighted by molar-refractivity contribution is 0.636. The van der Waals surface area contributed by atoms with Gasteiger partial charge in [-0.1, -0.05) is 25.1 Å². The fourth-order valence-electron chi connectivity index (χ4n) is 2.73. The normalized spacial score (nSPS) is 11.3. The molecule has 110 valence electrons. The fourth-order valence-corrected chi connectivity index (χ4v) is 2.73. The zero-order chi connectivity index (χ0) is 14.7. The van der Waals surface area contributed by atoms with Crippen LogP contribution in [0.5, 0.6) is 0 Å². The molecule has 0 aliphatic heterocycles. The number of rotatable bonds is 6. The summed E-state index contributed by atoms with van der Waals surface area (Å²) < 4.78 is 4.24. The number of nitrogens with zero attached hydrogens (tertiary/aromatic N) is 3. The molecular formula is C17H22N4. The molecule has 2 aromatic heterocycles. The molecule has 2 heterocycles. The average Bonchev–Trinajstić information content (AvgIpc) is 3.05. The molecule has 0 bridgehead atoms. The maximum absolute atomic E-state index is 4.27. The van der Waals surface area contributed by atoms with Crippen molar-refractivity contribution in [2.75, 3.05) is 6.54 Å². The van der Waals surface area contributed by atoms with Crippen molar-refractivity contribution in [1.29, 1.82) is 0 Å². The highest BCUT2D eigenvalue weighted by Crippen LogP contribution is 2.21. The summed E-state index contributed by atoms with van der Waals surface area (Å²) in [7, 11) is 1.96. The minimum atomic E-state index is 0.866. The number of fused-ring (bicyclic) bond motifs is 1. The van der Waals surface area contributed by atoms with Crippen LogP contribution in [0.15, 0.2) is 42.7 Å². The number of hydrogen-bond acceptors (Lipinski definition) is 2. The maximum atomic E-state index is 4.27. The molecule has 1 N–H and O–H groups in total. The van der Waals surface area contributed by atoms with Crippen LogP contribution in [0, 0.1) is 0 Å². The number of aromatic nitrogens is 3. The minimum absolute atomic E-state index is 0.866. The van der Waals surface area contributed by atoms with Crippen LogP contribution in [0.25, 0.3) is 10.9 Å². The van der Waals surface area contributed by atoms with Crippen molar-refractivity contribution in [3.8, 4) is 0 Å². The van der Waals surface area contributed by atoms with E-state index in [4.69, 9.17) is 0 Å². The second-order valence-corrected chi connectivity index (χ2v) is 5.48. The summed E-state index contributed by atoms with van der Waals surface area (Å²) in [6.45, 7) is 5.01. The van der Waals surface area contributed by atoms with Gasteiger partial charge in [0.05, 0.1) is 12.7 Å². The van der Waals surface area contributed by atoms with Gasteiger partial charge >= 0.3 is 0 Å². The Morgan fingerprint density at radius 1 is 1.24 bits per heavy atom. The van der Waals surface area contributed by atoms with Gasteiger partial charge in [-0.2, -0.15) is 5.10 Å². The van der Waals surface area contributed by atoms with Crippen LogP contribution in [0.3, 0.4) is 0 Å². The minimum Gasteiger partial charge on any atom is -0.339 e. The van der Waals surface area contributed by atoms with E-state index in [2.05, 4.69) is 58.4 Å². The Bertz CT molecular complexity index is 723. The van der Waals surface area contributed by atoms with Gasteiger partial charge in [0.15, 0.2) is 0 Å². The van der Waals surface area contributed by atoms with E-state index in [-0.39, 0.29) is 0 Å². The van der Waals surface area contributed by atoms with Gasteiger partial charge in [-0.05, 0) is 30.5 Å². The van der Waals surface area contributed by atoms with Crippen molar-refractivity contribution >= 4 is 10.9 Å².